The van der Waals surface area contributed by atoms with Crippen molar-refractivity contribution < 1.29 is 26.7 Å². The van der Waals surface area contributed by atoms with Crippen molar-refractivity contribution in [2.45, 2.75) is 51.9 Å². The molecule has 4 rings (SSSR count). The second-order valence-corrected chi connectivity index (χ2v) is 8.03. The largest absolute Gasteiger partial charge is 0.435 e. The van der Waals surface area contributed by atoms with Crippen LogP contribution in [0.4, 0.5) is 33.3 Å². The van der Waals surface area contributed by atoms with Gasteiger partial charge in [0.15, 0.2) is 5.69 Å². The molecule has 1 aliphatic carbocycles. The molecule has 0 spiro atoms. The molecular weight excluding hydrogens is 407 g/mol. The molecule has 0 bridgehead atoms. The number of hydrogen-bond acceptors (Lipinski definition) is 3. The molecular formula is C20H21F5N4O. The van der Waals surface area contributed by atoms with E-state index in [1.54, 1.807) is 13.8 Å². The third-order valence-corrected chi connectivity index (χ3v) is 5.62. The maximum Gasteiger partial charge on any atom is 0.435 e. The van der Waals surface area contributed by atoms with E-state index >= 15 is 0 Å². The van der Waals surface area contributed by atoms with Gasteiger partial charge in [0.05, 0.1) is 18.8 Å². The number of aryl methyl sites for hydroxylation is 2. The minimum atomic E-state index is -4.48. The molecule has 2 aromatic rings. The fourth-order valence-electron chi connectivity index (χ4n) is 3.85. The van der Waals surface area contributed by atoms with Gasteiger partial charge in [0, 0.05) is 36.7 Å². The van der Waals surface area contributed by atoms with E-state index < -0.39 is 29.6 Å². The van der Waals surface area contributed by atoms with Crippen molar-refractivity contribution in [2.75, 3.05) is 16.8 Å². The third-order valence-electron chi connectivity index (χ3n) is 5.62. The van der Waals surface area contributed by atoms with Crippen molar-refractivity contribution in [3.05, 3.63) is 40.7 Å². The van der Waals surface area contributed by atoms with Crippen LogP contribution in [0.25, 0.3) is 0 Å². The second kappa shape index (κ2) is 6.95. The predicted molar refractivity (Wildman–Crippen MR) is 100 cm³/mol. The maximum absolute atomic E-state index is 13.0. The Bertz CT molecular complexity index is 975. The van der Waals surface area contributed by atoms with Crippen molar-refractivity contribution in [2.24, 2.45) is 5.92 Å². The summed E-state index contributed by atoms with van der Waals surface area (Å²) < 4.78 is 66.2. The highest BCUT2D eigenvalue weighted by Gasteiger charge is 2.57. The van der Waals surface area contributed by atoms with Crippen LogP contribution < -0.4 is 10.2 Å². The molecule has 1 saturated carbocycles. The number of anilines is 2. The lowest BCUT2D eigenvalue weighted by atomic mass is 10.1. The van der Waals surface area contributed by atoms with E-state index in [1.165, 1.54) is 4.68 Å². The van der Waals surface area contributed by atoms with E-state index in [0.29, 0.717) is 24.5 Å². The quantitative estimate of drug-likeness (QED) is 0.729. The lowest BCUT2D eigenvalue weighted by molar-refractivity contribution is -0.141. The van der Waals surface area contributed by atoms with Gasteiger partial charge >= 0.3 is 6.18 Å². The fourth-order valence-corrected chi connectivity index (χ4v) is 3.85. The Morgan fingerprint density at radius 2 is 1.83 bits per heavy atom. The van der Waals surface area contributed by atoms with E-state index in [4.69, 9.17) is 0 Å². The third kappa shape index (κ3) is 3.99. The highest BCUT2D eigenvalue weighted by molar-refractivity contribution is 5.93. The molecule has 1 unspecified atom stereocenters. The van der Waals surface area contributed by atoms with E-state index in [9.17, 15) is 26.7 Å². The molecule has 1 N–H and O–H groups in total. The highest BCUT2D eigenvalue weighted by atomic mass is 19.4. The zero-order valence-corrected chi connectivity index (χ0v) is 16.5. The number of aromatic nitrogens is 2. The number of amides is 1. The molecule has 2 aliphatic rings. The van der Waals surface area contributed by atoms with Crippen LogP contribution in [-0.2, 0) is 24.1 Å². The molecule has 2 heterocycles. The summed E-state index contributed by atoms with van der Waals surface area (Å²) in [6.45, 7) is 4.71. The van der Waals surface area contributed by atoms with Gasteiger partial charge in [0.2, 0.25) is 5.91 Å². The van der Waals surface area contributed by atoms with Crippen LogP contribution in [0.15, 0.2) is 18.2 Å². The molecule has 0 saturated heterocycles. The molecule has 1 fully saturated rings. The van der Waals surface area contributed by atoms with Gasteiger partial charge in [-0.3, -0.25) is 9.48 Å². The first kappa shape index (κ1) is 20.6. The molecule has 1 aromatic heterocycles. The van der Waals surface area contributed by atoms with Gasteiger partial charge in [-0.25, -0.2) is 8.78 Å². The number of carbonyl (C=O) groups is 1. The van der Waals surface area contributed by atoms with Gasteiger partial charge < -0.3 is 10.2 Å². The molecule has 5 nitrogen and oxygen atoms in total. The molecule has 1 amide bonds. The Morgan fingerprint density at radius 3 is 2.40 bits per heavy atom. The van der Waals surface area contributed by atoms with Gasteiger partial charge in [-0.15, -0.1) is 0 Å². The number of fused-ring (bicyclic) bond motifs is 1. The van der Waals surface area contributed by atoms with Crippen LogP contribution in [0.3, 0.4) is 0 Å². The minimum Gasteiger partial charge on any atom is -0.364 e. The first-order valence-electron chi connectivity index (χ1n) is 9.62. The number of benzene rings is 1. The van der Waals surface area contributed by atoms with Crippen molar-refractivity contribution >= 4 is 17.3 Å². The van der Waals surface area contributed by atoms with Gasteiger partial charge in [-0.05, 0) is 43.2 Å². The highest BCUT2D eigenvalue weighted by Crippen LogP contribution is 2.50. The number of nitrogens with one attached hydrogen (secondary N) is 1. The summed E-state index contributed by atoms with van der Waals surface area (Å²) in [5.74, 6) is -4.08. The standard InChI is InChI=1S/C20H21F5N4O/c1-11-5-14(6-12(2)18(11)26-17(30)7-13-9-19(13,21)22)28-3-4-29-15(10-28)8-16(27-29)20(23,24)25/h5-6,8,13H,3-4,7,9-10H2,1-2H3,(H,26,30). The average Bonchev–Trinajstić information content (AvgIpc) is 3.03. The Hall–Kier alpha value is -2.65. The monoisotopic (exact) mass is 428 g/mol. The first-order chi connectivity index (χ1) is 13.9. The molecule has 1 atom stereocenters. The lowest BCUT2D eigenvalue weighted by Gasteiger charge is -2.30. The molecule has 1 aromatic carbocycles. The van der Waals surface area contributed by atoms with Crippen LogP contribution in [0.5, 0.6) is 0 Å². The summed E-state index contributed by atoms with van der Waals surface area (Å²) in [6, 6.07) is 4.74. The normalized spacial score (nSPS) is 20.1. The zero-order valence-electron chi connectivity index (χ0n) is 16.5. The van der Waals surface area contributed by atoms with Gasteiger partial charge in [-0.1, -0.05) is 0 Å². The molecule has 162 valence electrons. The summed E-state index contributed by atoms with van der Waals surface area (Å²) in [5.41, 5.74) is 2.50. The van der Waals surface area contributed by atoms with Crippen molar-refractivity contribution in [3.8, 4) is 0 Å². The molecule has 30 heavy (non-hydrogen) atoms. The summed E-state index contributed by atoms with van der Waals surface area (Å²) >= 11 is 0. The van der Waals surface area contributed by atoms with Gasteiger partial charge in [-0.2, -0.15) is 18.3 Å². The second-order valence-electron chi connectivity index (χ2n) is 8.03. The van der Waals surface area contributed by atoms with Gasteiger partial charge in [0.25, 0.3) is 5.92 Å². The lowest BCUT2D eigenvalue weighted by Crippen LogP contribution is -2.34. The number of alkyl halides is 5. The van der Waals surface area contributed by atoms with E-state index in [0.717, 1.165) is 22.9 Å². The summed E-state index contributed by atoms with van der Waals surface area (Å²) in [7, 11) is 0. The van der Waals surface area contributed by atoms with Crippen molar-refractivity contribution in [3.63, 3.8) is 0 Å². The number of nitrogens with zero attached hydrogens (tertiary/aromatic N) is 3. The average molecular weight is 428 g/mol. The molecule has 1 aliphatic heterocycles. The van der Waals surface area contributed by atoms with Crippen LogP contribution in [0, 0.1) is 19.8 Å². The summed E-state index contributed by atoms with van der Waals surface area (Å²) in [6.07, 6.45) is -4.95. The summed E-state index contributed by atoms with van der Waals surface area (Å²) in [4.78, 5) is 14.1. The zero-order chi connectivity index (χ0) is 21.8. The van der Waals surface area contributed by atoms with E-state index in [2.05, 4.69) is 10.4 Å². The van der Waals surface area contributed by atoms with Crippen LogP contribution in [-0.4, -0.2) is 28.2 Å². The number of rotatable bonds is 4. The van der Waals surface area contributed by atoms with E-state index in [1.807, 2.05) is 17.0 Å². The maximum atomic E-state index is 13.0. The Labute approximate surface area is 169 Å². The number of carbonyl (C=O) groups excluding carboxylic acids is 1. The van der Waals surface area contributed by atoms with Crippen molar-refractivity contribution in [1.82, 2.24) is 9.78 Å². The van der Waals surface area contributed by atoms with Gasteiger partial charge in [0.1, 0.15) is 0 Å². The first-order valence-corrected chi connectivity index (χ1v) is 9.62. The van der Waals surface area contributed by atoms with Crippen LogP contribution in [0.1, 0.15) is 35.4 Å². The van der Waals surface area contributed by atoms with E-state index in [-0.39, 0.29) is 19.4 Å². The Kier molecular flexibility index (Phi) is 4.78. The topological polar surface area (TPSA) is 50.2 Å². The summed E-state index contributed by atoms with van der Waals surface area (Å²) in [5, 5.41) is 6.36. The Morgan fingerprint density at radius 1 is 1.20 bits per heavy atom. The smallest absolute Gasteiger partial charge is 0.364 e. The van der Waals surface area contributed by atoms with Crippen LogP contribution >= 0.6 is 0 Å². The SMILES string of the molecule is Cc1cc(N2CCn3nc(C(F)(F)F)cc3C2)cc(C)c1NC(=O)CC1CC1(F)F. The van der Waals surface area contributed by atoms with Crippen LogP contribution in [0.2, 0.25) is 0 Å². The fraction of sp³-hybridized carbons (Fsp3) is 0.500. The van der Waals surface area contributed by atoms with Crippen molar-refractivity contribution in [1.29, 1.82) is 0 Å². The Balaban J connectivity index is 1.48. The number of halogens is 5. The molecule has 10 heteroatoms. The molecule has 0 radical (unpaired) electrons. The number of hydrogen-bond donors (Lipinski definition) is 1. The minimum absolute atomic E-state index is 0.217. The predicted octanol–water partition coefficient (Wildman–Crippen LogP) is 4.52.